The molecule has 0 atom stereocenters. The molecule has 2 rings (SSSR count). The molecule has 0 fully saturated rings. The van der Waals surface area contributed by atoms with Crippen molar-refractivity contribution in [1.29, 1.82) is 0 Å². The van der Waals surface area contributed by atoms with E-state index in [1.54, 1.807) is 12.4 Å². The number of unbranched alkanes of at least 4 members (excludes halogenated alkanes) is 1. The second-order valence-corrected chi connectivity index (χ2v) is 6.79. The summed E-state index contributed by atoms with van der Waals surface area (Å²) in [6.07, 6.45) is 7.85. The zero-order valence-corrected chi connectivity index (χ0v) is 16.8. The second-order valence-electron chi connectivity index (χ2n) is 6.79. The van der Waals surface area contributed by atoms with Crippen molar-refractivity contribution in [3.63, 3.8) is 0 Å². The summed E-state index contributed by atoms with van der Waals surface area (Å²) >= 11 is 0. The first-order chi connectivity index (χ1) is 13.7. The lowest BCUT2D eigenvalue weighted by Gasteiger charge is -2.24. The number of nitrogens with zero attached hydrogens (tertiary/aromatic N) is 2. The van der Waals surface area contributed by atoms with Crippen LogP contribution >= 0.6 is 0 Å². The van der Waals surface area contributed by atoms with Crippen molar-refractivity contribution in [2.45, 2.75) is 45.6 Å². The fourth-order valence-electron chi connectivity index (χ4n) is 3.06. The van der Waals surface area contributed by atoms with E-state index in [4.69, 9.17) is 0 Å². The highest BCUT2D eigenvalue weighted by Crippen LogP contribution is 2.19. The van der Waals surface area contributed by atoms with Crippen molar-refractivity contribution >= 4 is 18.3 Å². The molecule has 0 spiro atoms. The molecule has 2 aromatic carbocycles. The Labute approximate surface area is 169 Å². The first-order valence-corrected chi connectivity index (χ1v) is 10.0. The van der Waals surface area contributed by atoms with Gasteiger partial charge in [-0.1, -0.05) is 55.8 Å². The Balaban J connectivity index is 2.05. The summed E-state index contributed by atoms with van der Waals surface area (Å²) in [5.74, 6) is 0.204. The van der Waals surface area contributed by atoms with E-state index in [1.807, 2.05) is 23.1 Å². The van der Waals surface area contributed by atoms with Crippen LogP contribution in [-0.2, 0) is 17.8 Å². The van der Waals surface area contributed by atoms with Crippen LogP contribution in [0.5, 0.6) is 0 Å². The van der Waals surface area contributed by atoms with Gasteiger partial charge in [0.1, 0.15) is 0 Å². The van der Waals surface area contributed by atoms with E-state index in [-0.39, 0.29) is 5.91 Å². The topological polar surface area (TPSA) is 44.7 Å². The number of hydrogen-bond acceptors (Lipinski definition) is 3. The average Bonchev–Trinajstić information content (AvgIpc) is 2.73. The highest BCUT2D eigenvalue weighted by Gasteiger charge is 2.15. The maximum atomic E-state index is 12.8. The Morgan fingerprint density at radius 2 is 1.89 bits per heavy atom. The molecule has 0 saturated carbocycles. The standard InChI is InChI=1S/C24H31N3O/c1-3-4-15-24(28)27(18-9-13-21-10-6-5-7-11-21)23-14-8-12-22(19-23)20-26-17-16-25-2/h5-8,10-12,14,16-17,19,26H,2-4,9,13,15,18,20H2,1H3/b17-16-. The molecule has 148 valence electrons. The fraction of sp³-hybridized carbons (Fsp3) is 0.333. The van der Waals surface area contributed by atoms with Gasteiger partial charge in [0.25, 0.3) is 0 Å². The molecule has 0 aliphatic rings. The number of amides is 1. The van der Waals surface area contributed by atoms with Gasteiger partial charge in [-0.2, -0.15) is 0 Å². The Hall–Kier alpha value is -2.88. The molecular weight excluding hydrogens is 346 g/mol. The lowest BCUT2D eigenvalue weighted by Crippen LogP contribution is -2.32. The van der Waals surface area contributed by atoms with Crippen molar-refractivity contribution < 1.29 is 4.79 Å². The summed E-state index contributed by atoms with van der Waals surface area (Å²) < 4.78 is 0. The van der Waals surface area contributed by atoms with Crippen LogP contribution in [0.15, 0.2) is 72.0 Å². The quantitative estimate of drug-likeness (QED) is 0.523. The van der Waals surface area contributed by atoms with Crippen molar-refractivity contribution in [2.24, 2.45) is 4.99 Å². The van der Waals surface area contributed by atoms with Crippen LogP contribution < -0.4 is 10.2 Å². The third-order valence-corrected chi connectivity index (χ3v) is 4.56. The molecule has 0 heterocycles. The van der Waals surface area contributed by atoms with E-state index < -0.39 is 0 Å². The summed E-state index contributed by atoms with van der Waals surface area (Å²) in [7, 11) is 0. The summed E-state index contributed by atoms with van der Waals surface area (Å²) in [5, 5.41) is 3.18. The van der Waals surface area contributed by atoms with Gasteiger partial charge in [0.2, 0.25) is 5.91 Å². The third-order valence-electron chi connectivity index (χ3n) is 4.56. The minimum Gasteiger partial charge on any atom is -0.386 e. The zero-order valence-electron chi connectivity index (χ0n) is 16.8. The Morgan fingerprint density at radius 1 is 1.11 bits per heavy atom. The van der Waals surface area contributed by atoms with Gasteiger partial charge in [-0.15, -0.1) is 0 Å². The molecule has 0 aromatic heterocycles. The maximum absolute atomic E-state index is 12.8. The van der Waals surface area contributed by atoms with E-state index in [9.17, 15) is 4.79 Å². The lowest BCUT2D eigenvalue weighted by atomic mass is 10.1. The highest BCUT2D eigenvalue weighted by molar-refractivity contribution is 5.93. The minimum absolute atomic E-state index is 0.204. The van der Waals surface area contributed by atoms with E-state index in [2.05, 4.69) is 60.3 Å². The third kappa shape index (κ3) is 7.39. The van der Waals surface area contributed by atoms with Gasteiger partial charge in [0.15, 0.2) is 0 Å². The predicted molar refractivity (Wildman–Crippen MR) is 119 cm³/mol. The maximum Gasteiger partial charge on any atom is 0.226 e. The number of rotatable bonds is 12. The number of carbonyl (C=O) groups excluding carboxylic acids is 1. The van der Waals surface area contributed by atoms with Crippen LogP contribution in [0.3, 0.4) is 0 Å². The average molecular weight is 378 g/mol. The van der Waals surface area contributed by atoms with Gasteiger partial charge >= 0.3 is 0 Å². The van der Waals surface area contributed by atoms with Crippen LogP contribution in [0, 0.1) is 0 Å². The lowest BCUT2D eigenvalue weighted by molar-refractivity contribution is -0.118. The first kappa shape index (κ1) is 21.4. The molecule has 4 nitrogen and oxygen atoms in total. The number of benzene rings is 2. The Morgan fingerprint density at radius 3 is 2.64 bits per heavy atom. The van der Waals surface area contributed by atoms with Gasteiger partial charge in [0.05, 0.1) is 0 Å². The summed E-state index contributed by atoms with van der Waals surface area (Å²) in [6, 6.07) is 18.6. The largest absolute Gasteiger partial charge is 0.386 e. The molecule has 0 bridgehead atoms. The molecule has 0 aliphatic carbocycles. The van der Waals surface area contributed by atoms with Gasteiger partial charge in [0, 0.05) is 37.6 Å². The summed E-state index contributed by atoms with van der Waals surface area (Å²) in [5.41, 5.74) is 3.41. The summed E-state index contributed by atoms with van der Waals surface area (Å²) in [6.45, 7) is 6.94. The highest BCUT2D eigenvalue weighted by atomic mass is 16.2. The van der Waals surface area contributed by atoms with Crippen LogP contribution in [0.25, 0.3) is 0 Å². The fourth-order valence-corrected chi connectivity index (χ4v) is 3.06. The zero-order chi connectivity index (χ0) is 20.0. The molecule has 0 saturated heterocycles. The smallest absolute Gasteiger partial charge is 0.226 e. The monoisotopic (exact) mass is 377 g/mol. The molecule has 1 N–H and O–H groups in total. The summed E-state index contributed by atoms with van der Waals surface area (Å²) in [4.78, 5) is 18.5. The van der Waals surface area contributed by atoms with E-state index in [0.717, 1.165) is 43.5 Å². The van der Waals surface area contributed by atoms with Gasteiger partial charge < -0.3 is 10.2 Å². The van der Waals surface area contributed by atoms with Crippen LogP contribution in [-0.4, -0.2) is 19.2 Å². The minimum atomic E-state index is 0.204. The molecular formula is C24H31N3O. The van der Waals surface area contributed by atoms with Crippen LogP contribution in [0.4, 0.5) is 5.69 Å². The normalized spacial score (nSPS) is 10.8. The van der Waals surface area contributed by atoms with E-state index in [0.29, 0.717) is 13.0 Å². The van der Waals surface area contributed by atoms with Crippen molar-refractivity contribution in [3.05, 3.63) is 78.1 Å². The van der Waals surface area contributed by atoms with Crippen molar-refractivity contribution in [3.8, 4) is 0 Å². The van der Waals surface area contributed by atoms with Gasteiger partial charge in [-0.05, 0) is 49.2 Å². The van der Waals surface area contributed by atoms with Crippen LogP contribution in [0.1, 0.15) is 43.7 Å². The SMILES string of the molecule is C=N/C=C\NCc1cccc(N(CCCc2ccccc2)C(=O)CCCC)c1. The molecule has 0 radical (unpaired) electrons. The Kier molecular flexibility index (Phi) is 9.56. The van der Waals surface area contributed by atoms with E-state index >= 15 is 0 Å². The first-order valence-electron chi connectivity index (χ1n) is 10.0. The second kappa shape index (κ2) is 12.5. The number of hydrogen-bond donors (Lipinski definition) is 1. The van der Waals surface area contributed by atoms with Gasteiger partial charge in [-0.3, -0.25) is 9.79 Å². The number of aliphatic imine (C=N–C) groups is 1. The molecule has 1 amide bonds. The number of anilines is 1. The molecule has 0 unspecified atom stereocenters. The molecule has 0 aliphatic heterocycles. The Bertz CT molecular complexity index is 755. The number of nitrogens with one attached hydrogen (secondary N) is 1. The van der Waals surface area contributed by atoms with Crippen molar-refractivity contribution in [2.75, 3.05) is 11.4 Å². The molecule has 28 heavy (non-hydrogen) atoms. The predicted octanol–water partition coefficient (Wildman–Crippen LogP) is 5.10. The number of aryl methyl sites for hydroxylation is 1. The van der Waals surface area contributed by atoms with Crippen LogP contribution in [0.2, 0.25) is 0 Å². The molecule has 4 heteroatoms. The van der Waals surface area contributed by atoms with E-state index in [1.165, 1.54) is 5.56 Å². The van der Waals surface area contributed by atoms with Gasteiger partial charge in [-0.25, -0.2) is 0 Å². The number of carbonyl (C=O) groups is 1. The molecule has 2 aromatic rings. The van der Waals surface area contributed by atoms with Crippen molar-refractivity contribution in [1.82, 2.24) is 5.32 Å².